The number of nitrogens with one attached hydrogen (secondary N) is 2. The Morgan fingerprint density at radius 2 is 2.05 bits per heavy atom. The van der Waals surface area contributed by atoms with Crippen LogP contribution in [0, 0.1) is 0 Å². The van der Waals surface area contributed by atoms with Gasteiger partial charge in [-0.3, -0.25) is 4.79 Å². The Morgan fingerprint density at radius 3 is 2.86 bits per heavy atom. The molecular weight excluding hydrogens is 268 g/mol. The first kappa shape index (κ1) is 15.4. The van der Waals surface area contributed by atoms with Crippen molar-refractivity contribution in [3.8, 4) is 0 Å². The first-order chi connectivity index (χ1) is 10.2. The molecule has 1 unspecified atom stereocenters. The van der Waals surface area contributed by atoms with Crippen molar-refractivity contribution < 1.29 is 14.7 Å². The molecule has 0 radical (unpaired) electrons. The van der Waals surface area contributed by atoms with E-state index in [0.29, 0.717) is 25.4 Å². The SMILES string of the molecule is O=C(O)CCCNC(=O)NCC1CCCc2ccccc21. The van der Waals surface area contributed by atoms with E-state index >= 15 is 0 Å². The fourth-order valence-electron chi connectivity index (χ4n) is 2.79. The Morgan fingerprint density at radius 1 is 1.24 bits per heavy atom. The Hall–Kier alpha value is -2.04. The number of urea groups is 1. The fraction of sp³-hybridized carbons (Fsp3) is 0.500. The maximum absolute atomic E-state index is 11.7. The van der Waals surface area contributed by atoms with Gasteiger partial charge >= 0.3 is 12.0 Å². The minimum absolute atomic E-state index is 0.0796. The summed E-state index contributed by atoms with van der Waals surface area (Å²) in [6, 6.07) is 8.19. The van der Waals surface area contributed by atoms with Crippen LogP contribution in [0.2, 0.25) is 0 Å². The summed E-state index contributed by atoms with van der Waals surface area (Å²) < 4.78 is 0. The number of carboxylic acids is 1. The highest BCUT2D eigenvalue weighted by atomic mass is 16.4. The second-order valence-electron chi connectivity index (χ2n) is 5.42. The van der Waals surface area contributed by atoms with Crippen LogP contribution in [0.1, 0.15) is 42.7 Å². The van der Waals surface area contributed by atoms with E-state index in [0.717, 1.165) is 19.3 Å². The molecule has 1 atom stereocenters. The largest absolute Gasteiger partial charge is 0.481 e. The molecule has 5 heteroatoms. The van der Waals surface area contributed by atoms with Crippen molar-refractivity contribution in [1.29, 1.82) is 0 Å². The lowest BCUT2D eigenvalue weighted by molar-refractivity contribution is -0.137. The third-order valence-electron chi connectivity index (χ3n) is 3.86. The van der Waals surface area contributed by atoms with Crippen molar-refractivity contribution in [3.63, 3.8) is 0 Å². The van der Waals surface area contributed by atoms with Crippen LogP contribution in [-0.4, -0.2) is 30.2 Å². The zero-order valence-electron chi connectivity index (χ0n) is 12.1. The van der Waals surface area contributed by atoms with E-state index in [4.69, 9.17) is 5.11 Å². The molecule has 0 saturated carbocycles. The van der Waals surface area contributed by atoms with E-state index in [2.05, 4.69) is 28.8 Å². The molecule has 0 saturated heterocycles. The molecule has 114 valence electrons. The Labute approximate surface area is 124 Å². The summed E-state index contributed by atoms with van der Waals surface area (Å²) in [7, 11) is 0. The molecule has 1 aromatic carbocycles. The van der Waals surface area contributed by atoms with Crippen molar-refractivity contribution in [3.05, 3.63) is 35.4 Å². The van der Waals surface area contributed by atoms with E-state index in [1.807, 2.05) is 6.07 Å². The van der Waals surface area contributed by atoms with E-state index < -0.39 is 5.97 Å². The molecule has 2 rings (SSSR count). The number of amides is 2. The molecule has 0 aromatic heterocycles. The molecule has 0 bridgehead atoms. The molecule has 21 heavy (non-hydrogen) atoms. The number of aliphatic carboxylic acids is 1. The van der Waals surface area contributed by atoms with Crippen LogP contribution in [0.15, 0.2) is 24.3 Å². The van der Waals surface area contributed by atoms with Gasteiger partial charge < -0.3 is 15.7 Å². The predicted octanol–water partition coefficient (Wildman–Crippen LogP) is 2.27. The molecule has 0 aliphatic heterocycles. The minimum atomic E-state index is -0.837. The Bertz CT molecular complexity index is 502. The average molecular weight is 290 g/mol. The summed E-state index contributed by atoms with van der Waals surface area (Å²) in [6.07, 6.45) is 3.90. The van der Waals surface area contributed by atoms with Gasteiger partial charge in [0, 0.05) is 25.4 Å². The molecular formula is C16H22N2O3. The zero-order chi connectivity index (χ0) is 15.1. The van der Waals surface area contributed by atoms with Crippen LogP contribution >= 0.6 is 0 Å². The number of fused-ring (bicyclic) bond motifs is 1. The number of benzene rings is 1. The molecule has 0 fully saturated rings. The van der Waals surface area contributed by atoms with Crippen LogP contribution in [-0.2, 0) is 11.2 Å². The monoisotopic (exact) mass is 290 g/mol. The van der Waals surface area contributed by atoms with E-state index in [1.54, 1.807) is 0 Å². The Kier molecular flexibility index (Phi) is 5.60. The van der Waals surface area contributed by atoms with Gasteiger partial charge in [0.2, 0.25) is 0 Å². The number of carboxylic acid groups (broad SMARTS) is 1. The number of rotatable bonds is 6. The van der Waals surface area contributed by atoms with E-state index in [-0.39, 0.29) is 12.5 Å². The van der Waals surface area contributed by atoms with E-state index in [1.165, 1.54) is 11.1 Å². The summed E-state index contributed by atoms with van der Waals surface area (Å²) in [5.74, 6) is -0.462. The lowest BCUT2D eigenvalue weighted by Crippen LogP contribution is -2.38. The maximum atomic E-state index is 11.7. The van der Waals surface area contributed by atoms with Crippen LogP contribution in [0.25, 0.3) is 0 Å². The molecule has 0 spiro atoms. The summed E-state index contributed by atoms with van der Waals surface area (Å²) in [5.41, 5.74) is 2.73. The third-order valence-corrected chi connectivity index (χ3v) is 3.86. The van der Waals surface area contributed by atoms with Gasteiger partial charge in [-0.05, 0) is 36.8 Å². The normalized spacial score (nSPS) is 16.9. The van der Waals surface area contributed by atoms with Gasteiger partial charge in [-0.1, -0.05) is 24.3 Å². The number of hydrogen-bond donors (Lipinski definition) is 3. The van der Waals surface area contributed by atoms with Crippen molar-refractivity contribution in [2.24, 2.45) is 0 Å². The lowest BCUT2D eigenvalue weighted by Gasteiger charge is -2.25. The lowest BCUT2D eigenvalue weighted by atomic mass is 9.83. The van der Waals surface area contributed by atoms with Gasteiger partial charge in [0.1, 0.15) is 0 Å². The van der Waals surface area contributed by atoms with Gasteiger partial charge in [0.15, 0.2) is 0 Å². The summed E-state index contributed by atoms with van der Waals surface area (Å²) in [6.45, 7) is 1.02. The van der Waals surface area contributed by atoms with Gasteiger partial charge in [0.05, 0.1) is 0 Å². The highest BCUT2D eigenvalue weighted by Crippen LogP contribution is 2.30. The molecule has 1 aliphatic carbocycles. The summed E-state index contributed by atoms with van der Waals surface area (Å²) in [5, 5.41) is 14.1. The highest BCUT2D eigenvalue weighted by molar-refractivity contribution is 5.74. The second kappa shape index (κ2) is 7.67. The topological polar surface area (TPSA) is 78.4 Å². The van der Waals surface area contributed by atoms with Gasteiger partial charge in [-0.25, -0.2) is 4.79 Å². The average Bonchev–Trinajstić information content (AvgIpc) is 2.49. The molecule has 5 nitrogen and oxygen atoms in total. The predicted molar refractivity (Wildman–Crippen MR) is 80.4 cm³/mol. The van der Waals surface area contributed by atoms with Gasteiger partial charge in [-0.15, -0.1) is 0 Å². The van der Waals surface area contributed by atoms with Gasteiger partial charge in [-0.2, -0.15) is 0 Å². The highest BCUT2D eigenvalue weighted by Gasteiger charge is 2.19. The van der Waals surface area contributed by atoms with Crippen molar-refractivity contribution in [2.75, 3.05) is 13.1 Å². The van der Waals surface area contributed by atoms with Gasteiger partial charge in [0.25, 0.3) is 0 Å². The smallest absolute Gasteiger partial charge is 0.314 e. The Balaban J connectivity index is 1.74. The van der Waals surface area contributed by atoms with Crippen molar-refractivity contribution >= 4 is 12.0 Å². The maximum Gasteiger partial charge on any atom is 0.314 e. The van der Waals surface area contributed by atoms with Crippen LogP contribution in [0.4, 0.5) is 4.79 Å². The van der Waals surface area contributed by atoms with E-state index in [9.17, 15) is 9.59 Å². The van der Waals surface area contributed by atoms with Crippen LogP contribution < -0.4 is 10.6 Å². The summed E-state index contributed by atoms with van der Waals surface area (Å²) in [4.78, 5) is 22.0. The number of hydrogen-bond acceptors (Lipinski definition) is 2. The number of aryl methyl sites for hydroxylation is 1. The molecule has 3 N–H and O–H groups in total. The van der Waals surface area contributed by atoms with Crippen LogP contribution in [0.5, 0.6) is 0 Å². The van der Waals surface area contributed by atoms with Crippen molar-refractivity contribution in [2.45, 2.75) is 38.0 Å². The first-order valence-corrected chi connectivity index (χ1v) is 7.48. The minimum Gasteiger partial charge on any atom is -0.481 e. The zero-order valence-corrected chi connectivity index (χ0v) is 12.1. The third kappa shape index (κ3) is 4.77. The molecule has 0 heterocycles. The summed E-state index contributed by atoms with van der Waals surface area (Å²) >= 11 is 0. The number of carbonyl (C=O) groups excluding carboxylic acids is 1. The molecule has 2 amide bonds. The first-order valence-electron chi connectivity index (χ1n) is 7.48. The number of carbonyl (C=O) groups is 2. The molecule has 1 aliphatic rings. The standard InChI is InChI=1S/C16H22N2O3/c19-15(20)9-4-10-17-16(21)18-11-13-7-3-6-12-5-1-2-8-14(12)13/h1-2,5,8,13H,3-4,6-7,9-11H2,(H,19,20)(H2,17,18,21). The quantitative estimate of drug-likeness (QED) is 0.703. The van der Waals surface area contributed by atoms with Crippen molar-refractivity contribution in [1.82, 2.24) is 10.6 Å². The molecule has 1 aromatic rings. The fourth-order valence-corrected chi connectivity index (χ4v) is 2.79. The second-order valence-corrected chi connectivity index (χ2v) is 5.42. The van der Waals surface area contributed by atoms with Crippen LogP contribution in [0.3, 0.4) is 0 Å².